The van der Waals surface area contributed by atoms with Gasteiger partial charge in [-0.15, -0.1) is 11.8 Å². The summed E-state index contributed by atoms with van der Waals surface area (Å²) in [5, 5.41) is 8.99. The van der Waals surface area contributed by atoms with Gasteiger partial charge in [0, 0.05) is 16.3 Å². The minimum Gasteiger partial charge on any atom is -0.478 e. The highest BCUT2D eigenvalue weighted by Crippen LogP contribution is 2.26. The molecule has 0 saturated carbocycles. The standard InChI is InChI=1S/C11H15NO2S/c1-7(2)6-15-10-4-3-8(12)5-9(10)11(13)14/h3-5,7H,6,12H2,1-2H3,(H,13,14). The quantitative estimate of drug-likeness (QED) is 0.611. The third kappa shape index (κ3) is 3.47. The second-order valence-electron chi connectivity index (χ2n) is 3.77. The first-order chi connectivity index (χ1) is 7.00. The molecule has 1 aromatic carbocycles. The van der Waals surface area contributed by atoms with Crippen molar-refractivity contribution in [2.24, 2.45) is 5.92 Å². The molecular weight excluding hydrogens is 210 g/mol. The maximum absolute atomic E-state index is 10.9. The number of nitrogens with two attached hydrogens (primary N) is 1. The van der Waals surface area contributed by atoms with Gasteiger partial charge in [0.05, 0.1) is 5.56 Å². The Balaban J connectivity index is 2.91. The molecule has 3 N–H and O–H groups in total. The molecule has 0 spiro atoms. The molecule has 0 amide bonds. The van der Waals surface area contributed by atoms with Crippen molar-refractivity contribution in [3.63, 3.8) is 0 Å². The summed E-state index contributed by atoms with van der Waals surface area (Å²) in [7, 11) is 0. The van der Waals surface area contributed by atoms with E-state index in [2.05, 4.69) is 13.8 Å². The second-order valence-corrected chi connectivity index (χ2v) is 4.83. The van der Waals surface area contributed by atoms with Gasteiger partial charge in [-0.2, -0.15) is 0 Å². The van der Waals surface area contributed by atoms with Crippen LogP contribution in [0.15, 0.2) is 23.1 Å². The normalized spacial score (nSPS) is 10.6. The lowest BCUT2D eigenvalue weighted by Gasteiger charge is -2.08. The van der Waals surface area contributed by atoms with Crippen molar-refractivity contribution in [2.75, 3.05) is 11.5 Å². The molecule has 0 bridgehead atoms. The number of carboxylic acid groups (broad SMARTS) is 1. The zero-order valence-corrected chi connectivity index (χ0v) is 9.67. The fraction of sp³-hybridized carbons (Fsp3) is 0.364. The van der Waals surface area contributed by atoms with E-state index < -0.39 is 5.97 Å². The SMILES string of the molecule is CC(C)CSc1ccc(N)cc1C(=O)O. The number of nitrogen functional groups attached to an aromatic ring is 1. The summed E-state index contributed by atoms with van der Waals surface area (Å²) in [5.41, 5.74) is 6.33. The van der Waals surface area contributed by atoms with Crippen LogP contribution in [0.5, 0.6) is 0 Å². The van der Waals surface area contributed by atoms with Crippen LogP contribution in [0.25, 0.3) is 0 Å². The molecule has 4 heteroatoms. The monoisotopic (exact) mass is 225 g/mol. The number of hydrogen-bond donors (Lipinski definition) is 2. The third-order valence-electron chi connectivity index (χ3n) is 1.81. The largest absolute Gasteiger partial charge is 0.478 e. The van der Waals surface area contributed by atoms with Crippen molar-refractivity contribution in [1.82, 2.24) is 0 Å². The van der Waals surface area contributed by atoms with Gasteiger partial charge < -0.3 is 10.8 Å². The lowest BCUT2D eigenvalue weighted by molar-refractivity contribution is 0.0693. The summed E-state index contributed by atoms with van der Waals surface area (Å²) in [6, 6.07) is 5.01. The average molecular weight is 225 g/mol. The smallest absolute Gasteiger partial charge is 0.336 e. The van der Waals surface area contributed by atoms with Gasteiger partial charge in [-0.1, -0.05) is 13.8 Å². The van der Waals surface area contributed by atoms with Crippen LogP contribution in [0.3, 0.4) is 0 Å². The Kier molecular flexibility index (Phi) is 4.03. The zero-order chi connectivity index (χ0) is 11.4. The molecule has 3 nitrogen and oxygen atoms in total. The summed E-state index contributed by atoms with van der Waals surface area (Å²) in [6.07, 6.45) is 0. The number of carboxylic acids is 1. The Morgan fingerprint density at radius 1 is 1.53 bits per heavy atom. The van der Waals surface area contributed by atoms with Crippen molar-refractivity contribution in [3.8, 4) is 0 Å². The number of hydrogen-bond acceptors (Lipinski definition) is 3. The molecule has 0 aliphatic carbocycles. The Bertz CT molecular complexity index is 364. The molecule has 0 aliphatic heterocycles. The molecule has 0 saturated heterocycles. The van der Waals surface area contributed by atoms with E-state index in [9.17, 15) is 4.79 Å². The zero-order valence-electron chi connectivity index (χ0n) is 8.86. The van der Waals surface area contributed by atoms with E-state index in [4.69, 9.17) is 10.8 Å². The minimum absolute atomic E-state index is 0.292. The molecule has 0 radical (unpaired) electrons. The number of benzene rings is 1. The molecule has 0 fully saturated rings. The van der Waals surface area contributed by atoms with Gasteiger partial charge in [0.1, 0.15) is 0 Å². The first kappa shape index (κ1) is 11.9. The van der Waals surface area contributed by atoms with E-state index in [-0.39, 0.29) is 0 Å². The molecular formula is C11H15NO2S. The van der Waals surface area contributed by atoms with Gasteiger partial charge in [0.15, 0.2) is 0 Å². The fourth-order valence-electron chi connectivity index (χ4n) is 1.10. The highest BCUT2D eigenvalue weighted by atomic mass is 32.2. The molecule has 0 unspecified atom stereocenters. The van der Waals surface area contributed by atoms with E-state index in [0.717, 1.165) is 10.6 Å². The molecule has 15 heavy (non-hydrogen) atoms. The van der Waals surface area contributed by atoms with Crippen molar-refractivity contribution < 1.29 is 9.90 Å². The van der Waals surface area contributed by atoms with Gasteiger partial charge >= 0.3 is 5.97 Å². The van der Waals surface area contributed by atoms with Crippen LogP contribution in [0.1, 0.15) is 24.2 Å². The van der Waals surface area contributed by atoms with Crippen LogP contribution in [0, 0.1) is 5.92 Å². The Hall–Kier alpha value is -1.16. The van der Waals surface area contributed by atoms with Crippen molar-refractivity contribution >= 4 is 23.4 Å². The molecule has 1 rings (SSSR count). The summed E-state index contributed by atoms with van der Waals surface area (Å²) in [4.78, 5) is 11.7. The van der Waals surface area contributed by atoms with Crippen LogP contribution in [-0.2, 0) is 0 Å². The number of anilines is 1. The van der Waals surface area contributed by atoms with Crippen molar-refractivity contribution in [3.05, 3.63) is 23.8 Å². The van der Waals surface area contributed by atoms with E-state index in [1.165, 1.54) is 6.07 Å². The number of aromatic carboxylic acids is 1. The third-order valence-corrected chi connectivity index (χ3v) is 3.31. The number of thioether (sulfide) groups is 1. The lowest BCUT2D eigenvalue weighted by atomic mass is 10.2. The van der Waals surface area contributed by atoms with E-state index in [1.807, 2.05) is 0 Å². The highest BCUT2D eigenvalue weighted by molar-refractivity contribution is 7.99. The van der Waals surface area contributed by atoms with E-state index >= 15 is 0 Å². The number of rotatable bonds is 4. The molecule has 0 atom stereocenters. The van der Waals surface area contributed by atoms with Crippen LogP contribution >= 0.6 is 11.8 Å². The van der Waals surface area contributed by atoms with Gasteiger partial charge in [-0.05, 0) is 24.1 Å². The molecule has 0 aromatic heterocycles. The van der Waals surface area contributed by atoms with Crippen LogP contribution < -0.4 is 5.73 Å². The predicted molar refractivity (Wildman–Crippen MR) is 63.4 cm³/mol. The molecule has 0 heterocycles. The average Bonchev–Trinajstić information content (AvgIpc) is 2.15. The van der Waals surface area contributed by atoms with Crippen molar-refractivity contribution in [1.29, 1.82) is 0 Å². The number of carbonyl (C=O) groups is 1. The fourth-order valence-corrected chi connectivity index (χ4v) is 2.08. The first-order valence-electron chi connectivity index (χ1n) is 4.76. The van der Waals surface area contributed by atoms with E-state index in [1.54, 1.807) is 23.9 Å². The minimum atomic E-state index is -0.923. The maximum atomic E-state index is 10.9. The van der Waals surface area contributed by atoms with Gasteiger partial charge in [-0.25, -0.2) is 4.79 Å². The predicted octanol–water partition coefficient (Wildman–Crippen LogP) is 2.72. The first-order valence-corrected chi connectivity index (χ1v) is 5.75. The molecule has 1 aromatic rings. The van der Waals surface area contributed by atoms with Gasteiger partial charge in [0.25, 0.3) is 0 Å². The summed E-state index contributed by atoms with van der Waals surface area (Å²) >= 11 is 1.56. The maximum Gasteiger partial charge on any atom is 0.336 e. The second kappa shape index (κ2) is 5.07. The summed E-state index contributed by atoms with van der Waals surface area (Å²) < 4.78 is 0. The highest BCUT2D eigenvalue weighted by Gasteiger charge is 2.11. The van der Waals surface area contributed by atoms with Crippen molar-refractivity contribution in [2.45, 2.75) is 18.7 Å². The van der Waals surface area contributed by atoms with Crippen LogP contribution in [0.2, 0.25) is 0 Å². The Labute approximate surface area is 93.7 Å². The summed E-state index contributed by atoms with van der Waals surface area (Å²) in [6.45, 7) is 4.20. The Morgan fingerprint density at radius 3 is 2.73 bits per heavy atom. The van der Waals surface area contributed by atoms with Crippen LogP contribution in [-0.4, -0.2) is 16.8 Å². The summed E-state index contributed by atoms with van der Waals surface area (Å²) in [5.74, 6) is 0.521. The molecule has 0 aliphatic rings. The van der Waals surface area contributed by atoms with E-state index in [0.29, 0.717) is 17.2 Å². The van der Waals surface area contributed by atoms with Gasteiger partial charge in [0.2, 0.25) is 0 Å². The Morgan fingerprint density at radius 2 is 2.20 bits per heavy atom. The van der Waals surface area contributed by atoms with Crippen LogP contribution in [0.4, 0.5) is 5.69 Å². The molecule has 82 valence electrons. The van der Waals surface area contributed by atoms with Gasteiger partial charge in [-0.3, -0.25) is 0 Å². The lowest BCUT2D eigenvalue weighted by Crippen LogP contribution is -2.01. The topological polar surface area (TPSA) is 63.3 Å².